The minimum atomic E-state index is 0. The van der Waals surface area contributed by atoms with Crippen molar-refractivity contribution in [3.05, 3.63) is 24.3 Å². The van der Waals surface area contributed by atoms with Gasteiger partial charge in [-0.3, -0.25) is 4.99 Å². The van der Waals surface area contributed by atoms with Crippen LogP contribution in [0.5, 0.6) is 5.75 Å². The second-order valence-electron chi connectivity index (χ2n) is 6.07. The predicted octanol–water partition coefficient (Wildman–Crippen LogP) is 4.72. The number of nitrogens with one attached hydrogen (secondary N) is 1. The van der Waals surface area contributed by atoms with Crippen molar-refractivity contribution in [2.75, 3.05) is 19.0 Å². The van der Waals surface area contributed by atoms with Gasteiger partial charge in [0.05, 0.1) is 7.11 Å². The number of rotatable bonds is 11. The summed E-state index contributed by atoms with van der Waals surface area (Å²) in [5, 5.41) is 2.97. The van der Waals surface area contributed by atoms with Gasteiger partial charge in [-0.2, -0.15) is 4.99 Å². The average molecular weight is 420 g/mol. The minimum Gasteiger partial charge on any atom is -0.497 e. The highest BCUT2D eigenvalue weighted by molar-refractivity contribution is 6.00. The van der Waals surface area contributed by atoms with Gasteiger partial charge in [0.2, 0.25) is 11.9 Å². The lowest BCUT2D eigenvalue weighted by atomic mass is 10.1. The lowest BCUT2D eigenvalue weighted by molar-refractivity contribution is 0.415. The Balaban J connectivity index is 0. The van der Waals surface area contributed by atoms with Crippen LogP contribution in [0, 0.1) is 0 Å². The van der Waals surface area contributed by atoms with E-state index in [0.717, 1.165) is 17.9 Å². The van der Waals surface area contributed by atoms with Crippen molar-refractivity contribution in [3.63, 3.8) is 0 Å². The summed E-state index contributed by atoms with van der Waals surface area (Å²) < 4.78 is 5.11. The van der Waals surface area contributed by atoms with Crippen LogP contribution in [-0.4, -0.2) is 25.6 Å². The van der Waals surface area contributed by atoms with Crippen molar-refractivity contribution in [2.24, 2.45) is 21.5 Å². The summed E-state index contributed by atoms with van der Waals surface area (Å²) in [7, 11) is 1.63. The standard InChI is InChI=1S/C19H33N5O.2ClH/c1-3-4-5-6-7-8-9-10-15-22-18(20)24-19(21)23-16-11-13-17(25-2)14-12-16;;/h11-14H,3-10,15H2,1-2H3,(H5,20,21,22,23,24);2*1H. The highest BCUT2D eigenvalue weighted by Gasteiger charge is 1.98. The molecule has 0 saturated carbocycles. The average Bonchev–Trinajstić information content (AvgIpc) is 2.61. The second-order valence-corrected chi connectivity index (χ2v) is 6.07. The van der Waals surface area contributed by atoms with Crippen molar-refractivity contribution in [1.29, 1.82) is 0 Å². The number of ether oxygens (including phenoxy) is 1. The molecular formula is C19H35Cl2N5O. The normalized spacial score (nSPS) is 11.3. The van der Waals surface area contributed by atoms with E-state index in [1.165, 1.54) is 44.9 Å². The molecular weight excluding hydrogens is 385 g/mol. The van der Waals surface area contributed by atoms with E-state index in [-0.39, 0.29) is 36.7 Å². The zero-order chi connectivity index (χ0) is 18.3. The molecule has 1 aromatic rings. The third-order valence-electron chi connectivity index (χ3n) is 3.88. The number of hydrogen-bond donors (Lipinski definition) is 3. The molecule has 0 aliphatic carbocycles. The number of methoxy groups -OCH3 is 1. The molecule has 1 rings (SSSR count). The van der Waals surface area contributed by atoms with E-state index < -0.39 is 0 Å². The Hall–Kier alpha value is -1.66. The molecule has 156 valence electrons. The first-order valence-corrected chi connectivity index (χ1v) is 9.21. The van der Waals surface area contributed by atoms with E-state index in [4.69, 9.17) is 16.2 Å². The van der Waals surface area contributed by atoms with Crippen LogP contribution in [0.3, 0.4) is 0 Å². The van der Waals surface area contributed by atoms with Gasteiger partial charge >= 0.3 is 0 Å². The van der Waals surface area contributed by atoms with Gasteiger partial charge in [0.1, 0.15) is 5.75 Å². The zero-order valence-electron chi connectivity index (χ0n) is 16.4. The molecule has 0 radical (unpaired) electrons. The zero-order valence-corrected chi connectivity index (χ0v) is 18.1. The highest BCUT2D eigenvalue weighted by Crippen LogP contribution is 2.14. The van der Waals surface area contributed by atoms with Crippen LogP contribution in [0.15, 0.2) is 34.3 Å². The Labute approximate surface area is 176 Å². The fourth-order valence-corrected chi connectivity index (χ4v) is 2.45. The third-order valence-corrected chi connectivity index (χ3v) is 3.88. The first-order chi connectivity index (χ1) is 12.2. The molecule has 6 nitrogen and oxygen atoms in total. The fourth-order valence-electron chi connectivity index (χ4n) is 2.45. The topological polar surface area (TPSA) is 98.0 Å². The van der Waals surface area contributed by atoms with Crippen LogP contribution in [0.25, 0.3) is 0 Å². The van der Waals surface area contributed by atoms with Gasteiger partial charge in [0.15, 0.2) is 0 Å². The smallest absolute Gasteiger partial charge is 0.218 e. The molecule has 0 spiro atoms. The summed E-state index contributed by atoms with van der Waals surface area (Å²) in [4.78, 5) is 8.31. The van der Waals surface area contributed by atoms with E-state index in [1.807, 2.05) is 24.3 Å². The summed E-state index contributed by atoms with van der Waals surface area (Å²) in [6, 6.07) is 7.40. The number of hydrogen-bond acceptors (Lipinski definition) is 2. The van der Waals surface area contributed by atoms with Gasteiger partial charge in [-0.1, -0.05) is 51.9 Å². The first-order valence-electron chi connectivity index (χ1n) is 9.21. The summed E-state index contributed by atoms with van der Waals surface area (Å²) in [5.41, 5.74) is 12.4. The van der Waals surface area contributed by atoms with E-state index in [2.05, 4.69) is 22.2 Å². The first kappa shape index (κ1) is 27.6. The molecule has 0 fully saturated rings. The molecule has 8 heteroatoms. The van der Waals surface area contributed by atoms with Crippen LogP contribution in [0.4, 0.5) is 5.69 Å². The Morgan fingerprint density at radius 1 is 0.926 bits per heavy atom. The number of unbranched alkanes of at least 4 members (excludes halogenated alkanes) is 7. The predicted molar refractivity (Wildman–Crippen MR) is 122 cm³/mol. The molecule has 1 aromatic carbocycles. The van der Waals surface area contributed by atoms with E-state index in [0.29, 0.717) is 6.54 Å². The van der Waals surface area contributed by atoms with E-state index in [9.17, 15) is 0 Å². The van der Waals surface area contributed by atoms with Crippen molar-refractivity contribution in [3.8, 4) is 5.75 Å². The molecule has 5 N–H and O–H groups in total. The number of nitrogens with zero attached hydrogens (tertiary/aromatic N) is 2. The molecule has 27 heavy (non-hydrogen) atoms. The van der Waals surface area contributed by atoms with Gasteiger partial charge in [-0.25, -0.2) is 0 Å². The quantitative estimate of drug-likeness (QED) is 0.274. The maximum atomic E-state index is 5.83. The summed E-state index contributed by atoms with van der Waals surface area (Å²) in [5.74, 6) is 1.22. The largest absolute Gasteiger partial charge is 0.497 e. The Bertz CT molecular complexity index is 535. The Kier molecular flexibility index (Phi) is 18.1. The van der Waals surface area contributed by atoms with Crippen molar-refractivity contribution in [2.45, 2.75) is 58.3 Å². The molecule has 0 bridgehead atoms. The minimum absolute atomic E-state index is 0. The molecule has 0 atom stereocenters. The van der Waals surface area contributed by atoms with Gasteiger partial charge in [-0.05, 0) is 30.7 Å². The van der Waals surface area contributed by atoms with Gasteiger partial charge in [0, 0.05) is 12.2 Å². The molecule has 0 unspecified atom stereocenters. The van der Waals surface area contributed by atoms with Crippen molar-refractivity contribution < 1.29 is 4.74 Å². The highest BCUT2D eigenvalue weighted by atomic mass is 35.5. The van der Waals surface area contributed by atoms with Crippen LogP contribution < -0.4 is 21.5 Å². The number of guanidine groups is 2. The van der Waals surface area contributed by atoms with Gasteiger partial charge in [0.25, 0.3) is 0 Å². The summed E-state index contributed by atoms with van der Waals surface area (Å²) in [6.07, 6.45) is 10.2. The number of halogens is 2. The third kappa shape index (κ3) is 14.1. The lowest BCUT2D eigenvalue weighted by Gasteiger charge is -2.06. The molecule has 0 aliphatic heterocycles. The molecule has 0 amide bonds. The Morgan fingerprint density at radius 3 is 2.04 bits per heavy atom. The van der Waals surface area contributed by atoms with Crippen molar-refractivity contribution in [1.82, 2.24) is 0 Å². The van der Waals surface area contributed by atoms with Crippen LogP contribution >= 0.6 is 24.8 Å². The number of anilines is 1. The summed E-state index contributed by atoms with van der Waals surface area (Å²) >= 11 is 0. The van der Waals surface area contributed by atoms with Crippen LogP contribution in [-0.2, 0) is 0 Å². The number of aliphatic imine (C=N–C) groups is 2. The van der Waals surface area contributed by atoms with E-state index in [1.54, 1.807) is 7.11 Å². The monoisotopic (exact) mass is 419 g/mol. The molecule has 0 aromatic heterocycles. The van der Waals surface area contributed by atoms with Crippen LogP contribution in [0.1, 0.15) is 58.3 Å². The van der Waals surface area contributed by atoms with Crippen LogP contribution in [0.2, 0.25) is 0 Å². The fraction of sp³-hybridized carbons (Fsp3) is 0.579. The number of benzene rings is 1. The van der Waals surface area contributed by atoms with Gasteiger partial charge in [-0.15, -0.1) is 24.8 Å². The molecule has 0 heterocycles. The maximum absolute atomic E-state index is 5.83. The van der Waals surface area contributed by atoms with Crippen molar-refractivity contribution >= 4 is 42.4 Å². The molecule has 0 saturated heterocycles. The SMILES string of the molecule is CCCCCCCCCCN=C(N)N=C(N)Nc1ccc(OC)cc1.Cl.Cl. The maximum Gasteiger partial charge on any atom is 0.218 e. The Morgan fingerprint density at radius 2 is 1.48 bits per heavy atom. The molecule has 0 aliphatic rings. The lowest BCUT2D eigenvalue weighted by Crippen LogP contribution is -2.26. The second kappa shape index (κ2) is 17.7. The number of nitrogens with two attached hydrogens (primary N) is 2. The van der Waals surface area contributed by atoms with E-state index >= 15 is 0 Å². The summed E-state index contributed by atoms with van der Waals surface area (Å²) in [6.45, 7) is 2.93. The van der Waals surface area contributed by atoms with Gasteiger partial charge < -0.3 is 21.5 Å².